The van der Waals surface area contributed by atoms with Gasteiger partial charge in [0.1, 0.15) is 5.16 Å². The van der Waals surface area contributed by atoms with Gasteiger partial charge in [0.2, 0.25) is 0 Å². The molecule has 0 aliphatic carbocycles. The number of halogens is 1. The van der Waals surface area contributed by atoms with E-state index in [0.717, 1.165) is 0 Å². The minimum Gasteiger partial charge on any atom is -0.323 e. The van der Waals surface area contributed by atoms with E-state index in [9.17, 15) is 18.9 Å². The molecule has 6 nitrogen and oxygen atoms in total. The summed E-state index contributed by atoms with van der Waals surface area (Å²) >= 11 is 5.99. The molecule has 1 heterocycles. The molecule has 142 valence electrons. The fourth-order valence-corrected chi connectivity index (χ4v) is 9.37. The van der Waals surface area contributed by atoms with E-state index in [1.165, 1.54) is 0 Å². The van der Waals surface area contributed by atoms with Crippen LogP contribution < -0.4 is 0 Å². The summed E-state index contributed by atoms with van der Waals surface area (Å²) in [4.78, 5) is 19.8. The highest BCUT2D eigenvalue weighted by atomic mass is 35.5. The van der Waals surface area contributed by atoms with Gasteiger partial charge in [-0.05, 0) is 37.5 Å². The second-order valence-corrected chi connectivity index (χ2v) is 10.8. The Morgan fingerprint density at radius 1 is 1.24 bits per heavy atom. The van der Waals surface area contributed by atoms with Gasteiger partial charge in [-0.15, -0.1) is 0 Å². The van der Waals surface area contributed by atoms with E-state index in [2.05, 4.69) is 0 Å². The standard InChI is InChI=1S/C16H25ClO6P2/c1-5-15(4)14(24(18,19)20)23-25(21,22-7-3)16(15,6-2)12-8-10-13(17)11-9-12/h8-11,14H,5-7H2,1-4H3,(H2,18,19,20). The summed E-state index contributed by atoms with van der Waals surface area (Å²) in [5.41, 5.74) is -0.435. The van der Waals surface area contributed by atoms with Gasteiger partial charge in [0.05, 0.1) is 6.61 Å². The monoisotopic (exact) mass is 410 g/mol. The third kappa shape index (κ3) is 3.06. The van der Waals surface area contributed by atoms with Crippen molar-refractivity contribution < 1.29 is 28.0 Å². The largest absolute Gasteiger partial charge is 0.355 e. The van der Waals surface area contributed by atoms with Gasteiger partial charge >= 0.3 is 15.2 Å². The van der Waals surface area contributed by atoms with Crippen molar-refractivity contribution in [3.63, 3.8) is 0 Å². The van der Waals surface area contributed by atoms with Crippen LogP contribution in [0.2, 0.25) is 5.02 Å². The lowest BCUT2D eigenvalue weighted by Crippen LogP contribution is -2.44. The summed E-state index contributed by atoms with van der Waals surface area (Å²) in [6.45, 7) is 7.15. The maximum atomic E-state index is 13.8. The predicted octanol–water partition coefficient (Wildman–Crippen LogP) is 5.13. The molecule has 0 amide bonds. The van der Waals surface area contributed by atoms with E-state index >= 15 is 0 Å². The van der Waals surface area contributed by atoms with E-state index in [1.54, 1.807) is 38.1 Å². The molecule has 1 aliphatic rings. The van der Waals surface area contributed by atoms with Crippen molar-refractivity contribution in [2.24, 2.45) is 5.41 Å². The molecular formula is C16H25ClO6P2. The average Bonchev–Trinajstić information content (AvgIpc) is 2.74. The lowest BCUT2D eigenvalue weighted by molar-refractivity contribution is 0.106. The third-order valence-electron chi connectivity index (χ3n) is 5.37. The van der Waals surface area contributed by atoms with Gasteiger partial charge in [0.25, 0.3) is 0 Å². The number of hydrogen-bond donors (Lipinski definition) is 2. The van der Waals surface area contributed by atoms with Crippen LogP contribution in [0.25, 0.3) is 0 Å². The Morgan fingerprint density at radius 2 is 1.80 bits per heavy atom. The molecule has 0 bridgehead atoms. The van der Waals surface area contributed by atoms with Gasteiger partial charge in [0.15, 0.2) is 5.85 Å². The molecule has 0 saturated carbocycles. The summed E-state index contributed by atoms with van der Waals surface area (Å²) in [6, 6.07) is 6.81. The van der Waals surface area contributed by atoms with Crippen LogP contribution in [0.4, 0.5) is 0 Å². The Balaban J connectivity index is 2.84. The zero-order chi connectivity index (χ0) is 19.1. The second-order valence-electron chi connectivity index (χ2n) is 6.45. The molecule has 4 atom stereocenters. The number of rotatable bonds is 6. The first-order valence-corrected chi connectivity index (χ1v) is 11.9. The third-order valence-corrected chi connectivity index (χ3v) is 10.2. The maximum Gasteiger partial charge on any atom is 0.355 e. The summed E-state index contributed by atoms with van der Waals surface area (Å²) in [5, 5.41) is -0.661. The SMILES string of the molecule is CCOP1(=O)OC(P(=O)(O)O)C(C)(CC)C1(CC)c1ccc(Cl)cc1. The van der Waals surface area contributed by atoms with E-state index in [1.807, 2.05) is 13.8 Å². The molecule has 1 aromatic rings. The van der Waals surface area contributed by atoms with Crippen molar-refractivity contribution in [3.05, 3.63) is 34.9 Å². The van der Waals surface area contributed by atoms with Gasteiger partial charge < -0.3 is 14.3 Å². The molecule has 0 spiro atoms. The van der Waals surface area contributed by atoms with E-state index in [-0.39, 0.29) is 6.61 Å². The van der Waals surface area contributed by atoms with Crippen molar-refractivity contribution in [2.75, 3.05) is 6.61 Å². The van der Waals surface area contributed by atoms with Crippen LogP contribution in [0.3, 0.4) is 0 Å². The first-order valence-electron chi connectivity index (χ1n) is 8.26. The van der Waals surface area contributed by atoms with Gasteiger partial charge in [-0.1, -0.05) is 44.5 Å². The first kappa shape index (κ1) is 21.1. The number of benzene rings is 1. The molecule has 25 heavy (non-hydrogen) atoms. The predicted molar refractivity (Wildman–Crippen MR) is 98.0 cm³/mol. The van der Waals surface area contributed by atoms with E-state index in [0.29, 0.717) is 23.4 Å². The Labute approximate surface area is 153 Å². The zero-order valence-electron chi connectivity index (χ0n) is 14.8. The molecular weight excluding hydrogens is 386 g/mol. The summed E-state index contributed by atoms with van der Waals surface area (Å²) < 4.78 is 37.1. The summed E-state index contributed by atoms with van der Waals surface area (Å²) in [5.74, 6) is -1.50. The van der Waals surface area contributed by atoms with Gasteiger partial charge in [-0.2, -0.15) is 0 Å². The van der Waals surface area contributed by atoms with Crippen LogP contribution >= 0.6 is 26.8 Å². The lowest BCUT2D eigenvalue weighted by atomic mass is 9.69. The van der Waals surface area contributed by atoms with Gasteiger partial charge in [-0.3, -0.25) is 13.7 Å². The smallest absolute Gasteiger partial charge is 0.323 e. The fraction of sp³-hybridized carbons (Fsp3) is 0.625. The van der Waals surface area contributed by atoms with Gasteiger partial charge in [0, 0.05) is 10.4 Å². The van der Waals surface area contributed by atoms with Crippen LogP contribution in [0.5, 0.6) is 0 Å². The molecule has 0 aromatic heterocycles. The summed E-state index contributed by atoms with van der Waals surface area (Å²) in [7, 11) is -8.55. The first-order chi connectivity index (χ1) is 11.5. The molecule has 2 N–H and O–H groups in total. The maximum absolute atomic E-state index is 13.8. The molecule has 2 rings (SSSR count). The molecule has 1 fully saturated rings. The Hall–Kier alpha value is -0.190. The Morgan fingerprint density at radius 3 is 2.20 bits per heavy atom. The van der Waals surface area contributed by atoms with E-state index in [4.69, 9.17) is 20.6 Å². The highest BCUT2D eigenvalue weighted by Gasteiger charge is 2.73. The van der Waals surface area contributed by atoms with Crippen LogP contribution in [-0.2, 0) is 23.3 Å². The van der Waals surface area contributed by atoms with Crippen molar-refractivity contribution in [2.45, 2.75) is 51.5 Å². The second kappa shape index (κ2) is 7.09. The van der Waals surface area contributed by atoms with Gasteiger partial charge in [-0.25, -0.2) is 0 Å². The van der Waals surface area contributed by atoms with Crippen molar-refractivity contribution in [3.8, 4) is 0 Å². The van der Waals surface area contributed by atoms with Crippen LogP contribution in [0, 0.1) is 5.41 Å². The van der Waals surface area contributed by atoms with Crippen LogP contribution in [0.15, 0.2) is 24.3 Å². The van der Waals surface area contributed by atoms with Crippen molar-refractivity contribution in [1.82, 2.24) is 0 Å². The van der Waals surface area contributed by atoms with Crippen molar-refractivity contribution in [1.29, 1.82) is 0 Å². The molecule has 0 radical (unpaired) electrons. The Kier molecular flexibility index (Phi) is 5.99. The minimum atomic E-state index is -4.68. The lowest BCUT2D eigenvalue weighted by Gasteiger charge is -2.44. The Bertz CT molecular complexity index is 718. The molecule has 4 unspecified atom stereocenters. The minimum absolute atomic E-state index is 0.111. The zero-order valence-corrected chi connectivity index (χ0v) is 17.4. The molecule has 1 aliphatic heterocycles. The van der Waals surface area contributed by atoms with Crippen molar-refractivity contribution >= 4 is 26.8 Å². The average molecular weight is 411 g/mol. The van der Waals surface area contributed by atoms with Crippen LogP contribution in [0.1, 0.15) is 46.1 Å². The quantitative estimate of drug-likeness (QED) is 0.632. The molecule has 1 saturated heterocycles. The summed E-state index contributed by atoms with van der Waals surface area (Å²) in [6.07, 6.45) is 0.697. The fourth-order valence-electron chi connectivity index (χ4n) is 4.08. The molecule has 9 heteroatoms. The molecule has 1 aromatic carbocycles. The normalized spacial score (nSPS) is 35.9. The highest BCUT2D eigenvalue weighted by molar-refractivity contribution is 7.58. The highest BCUT2D eigenvalue weighted by Crippen LogP contribution is 2.83. The van der Waals surface area contributed by atoms with E-state index < -0.39 is 31.6 Å². The van der Waals surface area contributed by atoms with Crippen LogP contribution in [-0.4, -0.2) is 22.2 Å². The number of hydrogen-bond acceptors (Lipinski definition) is 4. The topological polar surface area (TPSA) is 93.1 Å².